The van der Waals surface area contributed by atoms with Crippen molar-refractivity contribution in [1.29, 1.82) is 0 Å². The SMILES string of the molecule is CC(C=CC=C(C)C=CC1=CCCCC1(C)C)=CC=CC=O. The van der Waals surface area contributed by atoms with Gasteiger partial charge >= 0.3 is 0 Å². The van der Waals surface area contributed by atoms with E-state index in [0.29, 0.717) is 5.41 Å². The van der Waals surface area contributed by atoms with Crippen LogP contribution in [-0.2, 0) is 4.79 Å². The van der Waals surface area contributed by atoms with Crippen molar-refractivity contribution in [2.45, 2.75) is 47.0 Å². The molecular formula is C21H28O. The summed E-state index contributed by atoms with van der Waals surface area (Å²) in [5.74, 6) is 0. The summed E-state index contributed by atoms with van der Waals surface area (Å²) in [5.41, 5.74) is 4.09. The number of hydrogen-bond acceptors (Lipinski definition) is 1. The molecule has 0 spiro atoms. The molecule has 0 atom stereocenters. The van der Waals surface area contributed by atoms with Crippen LogP contribution in [0, 0.1) is 5.41 Å². The summed E-state index contributed by atoms with van der Waals surface area (Å²) < 4.78 is 0. The highest BCUT2D eigenvalue weighted by Crippen LogP contribution is 2.37. The third-order valence-corrected chi connectivity index (χ3v) is 3.94. The van der Waals surface area contributed by atoms with Crippen molar-refractivity contribution in [2.75, 3.05) is 0 Å². The van der Waals surface area contributed by atoms with E-state index in [4.69, 9.17) is 0 Å². The first-order chi connectivity index (χ1) is 10.5. The molecule has 1 nitrogen and oxygen atoms in total. The average molecular weight is 296 g/mol. The lowest BCUT2D eigenvalue weighted by Crippen LogP contribution is -2.16. The summed E-state index contributed by atoms with van der Waals surface area (Å²) in [5, 5.41) is 0. The van der Waals surface area contributed by atoms with Crippen molar-refractivity contribution in [2.24, 2.45) is 5.41 Å². The zero-order valence-corrected chi connectivity index (χ0v) is 14.3. The Bertz CT molecular complexity index is 548. The maximum Gasteiger partial charge on any atom is 0.142 e. The molecule has 0 saturated heterocycles. The highest BCUT2D eigenvalue weighted by molar-refractivity contribution is 5.65. The highest BCUT2D eigenvalue weighted by atomic mass is 16.1. The van der Waals surface area contributed by atoms with Crippen LogP contribution >= 0.6 is 0 Å². The Morgan fingerprint density at radius 1 is 1.05 bits per heavy atom. The van der Waals surface area contributed by atoms with Gasteiger partial charge in [-0.25, -0.2) is 0 Å². The van der Waals surface area contributed by atoms with E-state index in [1.807, 2.05) is 25.2 Å². The normalized spacial score (nSPS) is 20.1. The van der Waals surface area contributed by atoms with Gasteiger partial charge in [-0.1, -0.05) is 73.6 Å². The van der Waals surface area contributed by atoms with Crippen molar-refractivity contribution in [3.63, 3.8) is 0 Å². The van der Waals surface area contributed by atoms with E-state index >= 15 is 0 Å². The Morgan fingerprint density at radius 3 is 2.41 bits per heavy atom. The second-order valence-corrected chi connectivity index (χ2v) is 6.47. The lowest BCUT2D eigenvalue weighted by molar-refractivity contribution is -0.104. The van der Waals surface area contributed by atoms with Gasteiger partial charge in [-0.3, -0.25) is 4.79 Å². The van der Waals surface area contributed by atoms with Crippen LogP contribution in [0.15, 0.2) is 71.4 Å². The summed E-state index contributed by atoms with van der Waals surface area (Å²) >= 11 is 0. The molecule has 22 heavy (non-hydrogen) atoms. The summed E-state index contributed by atoms with van der Waals surface area (Å²) in [6, 6.07) is 0. The maximum absolute atomic E-state index is 10.2. The van der Waals surface area contributed by atoms with E-state index in [0.717, 1.165) is 11.9 Å². The number of carbonyl (C=O) groups is 1. The van der Waals surface area contributed by atoms with Crippen LogP contribution in [0.3, 0.4) is 0 Å². The van der Waals surface area contributed by atoms with Crippen LogP contribution in [0.25, 0.3) is 0 Å². The van der Waals surface area contributed by atoms with E-state index in [-0.39, 0.29) is 0 Å². The summed E-state index contributed by atoms with van der Waals surface area (Å²) in [6.07, 6.45) is 22.7. The third-order valence-electron chi connectivity index (χ3n) is 3.94. The zero-order chi connectivity index (χ0) is 16.4. The molecular weight excluding hydrogens is 268 g/mol. The van der Waals surface area contributed by atoms with E-state index in [1.165, 1.54) is 36.5 Å². The first-order valence-electron chi connectivity index (χ1n) is 7.98. The van der Waals surface area contributed by atoms with Crippen LogP contribution in [-0.4, -0.2) is 6.29 Å². The van der Waals surface area contributed by atoms with Gasteiger partial charge in [0.05, 0.1) is 0 Å². The van der Waals surface area contributed by atoms with E-state index in [2.05, 4.69) is 45.1 Å². The van der Waals surface area contributed by atoms with Gasteiger partial charge in [0, 0.05) is 0 Å². The van der Waals surface area contributed by atoms with E-state index in [1.54, 1.807) is 6.08 Å². The molecule has 1 heteroatoms. The zero-order valence-electron chi connectivity index (χ0n) is 14.3. The summed E-state index contributed by atoms with van der Waals surface area (Å²) in [6.45, 7) is 8.77. The van der Waals surface area contributed by atoms with Crippen LogP contribution in [0.1, 0.15) is 47.0 Å². The number of carbonyl (C=O) groups excluding carboxylic acids is 1. The van der Waals surface area contributed by atoms with Gasteiger partial charge in [-0.15, -0.1) is 0 Å². The molecule has 0 bridgehead atoms. The van der Waals surface area contributed by atoms with Crippen LogP contribution in [0.2, 0.25) is 0 Å². The van der Waals surface area contributed by atoms with Crippen LogP contribution < -0.4 is 0 Å². The molecule has 0 aromatic heterocycles. The van der Waals surface area contributed by atoms with Crippen LogP contribution in [0.4, 0.5) is 0 Å². The predicted octanol–water partition coefficient (Wildman–Crippen LogP) is 5.88. The number of hydrogen-bond donors (Lipinski definition) is 0. The molecule has 1 rings (SSSR count). The lowest BCUT2D eigenvalue weighted by atomic mass is 9.75. The minimum Gasteiger partial charge on any atom is -0.299 e. The monoisotopic (exact) mass is 296 g/mol. The predicted molar refractivity (Wildman–Crippen MR) is 96.7 cm³/mol. The van der Waals surface area contributed by atoms with Gasteiger partial charge in [-0.05, 0) is 50.2 Å². The summed E-state index contributed by atoms with van der Waals surface area (Å²) in [7, 11) is 0. The Balaban J connectivity index is 2.64. The standard InChI is InChI=1S/C21H28O/c1-18(10-6-8-17-22)11-9-12-19(2)14-15-20-13-5-7-16-21(20,3)4/h6,8-15,17H,5,7,16H2,1-4H3. The molecule has 1 aliphatic carbocycles. The Labute approximate surface area is 135 Å². The number of rotatable bonds is 6. The van der Waals surface area contributed by atoms with Crippen molar-refractivity contribution in [3.05, 3.63) is 71.4 Å². The van der Waals surface area contributed by atoms with Gasteiger partial charge < -0.3 is 0 Å². The van der Waals surface area contributed by atoms with Gasteiger partial charge in [0.25, 0.3) is 0 Å². The lowest BCUT2D eigenvalue weighted by Gasteiger charge is -2.30. The largest absolute Gasteiger partial charge is 0.299 e. The van der Waals surface area contributed by atoms with E-state index < -0.39 is 0 Å². The van der Waals surface area contributed by atoms with Gasteiger partial charge in [0.1, 0.15) is 6.29 Å². The third kappa shape index (κ3) is 6.71. The van der Waals surface area contributed by atoms with Crippen molar-refractivity contribution < 1.29 is 4.79 Å². The van der Waals surface area contributed by atoms with E-state index in [9.17, 15) is 4.79 Å². The molecule has 0 aliphatic heterocycles. The van der Waals surface area contributed by atoms with Crippen molar-refractivity contribution in [3.8, 4) is 0 Å². The maximum atomic E-state index is 10.2. The summed E-state index contributed by atoms with van der Waals surface area (Å²) in [4.78, 5) is 10.2. The molecule has 0 saturated carbocycles. The second-order valence-electron chi connectivity index (χ2n) is 6.47. The molecule has 0 amide bonds. The molecule has 118 valence electrons. The van der Waals surface area contributed by atoms with Crippen molar-refractivity contribution in [1.82, 2.24) is 0 Å². The number of aldehydes is 1. The molecule has 0 heterocycles. The highest BCUT2D eigenvalue weighted by Gasteiger charge is 2.23. The Morgan fingerprint density at radius 2 is 1.73 bits per heavy atom. The minimum absolute atomic E-state index is 0.301. The average Bonchev–Trinajstić information content (AvgIpc) is 2.46. The quantitative estimate of drug-likeness (QED) is 0.339. The molecule has 0 aromatic carbocycles. The minimum atomic E-state index is 0.301. The van der Waals surface area contributed by atoms with Gasteiger partial charge in [0.2, 0.25) is 0 Å². The second kappa shape index (κ2) is 9.19. The fourth-order valence-corrected chi connectivity index (χ4v) is 2.45. The van der Waals surface area contributed by atoms with Crippen molar-refractivity contribution >= 4 is 6.29 Å². The first-order valence-corrected chi connectivity index (χ1v) is 7.98. The fraction of sp³-hybridized carbons (Fsp3) is 0.381. The Hall–Kier alpha value is -1.89. The topological polar surface area (TPSA) is 17.1 Å². The molecule has 0 unspecified atom stereocenters. The molecule has 0 N–H and O–H groups in total. The fourth-order valence-electron chi connectivity index (χ4n) is 2.45. The molecule has 0 radical (unpaired) electrons. The van der Waals surface area contributed by atoms with Gasteiger partial charge in [-0.2, -0.15) is 0 Å². The molecule has 0 fully saturated rings. The Kier molecular flexibility index (Phi) is 7.59. The van der Waals surface area contributed by atoms with Crippen LogP contribution in [0.5, 0.6) is 0 Å². The number of allylic oxidation sites excluding steroid dienone is 12. The molecule has 1 aliphatic rings. The first kappa shape index (κ1) is 18.2. The van der Waals surface area contributed by atoms with Gasteiger partial charge in [0.15, 0.2) is 0 Å². The smallest absolute Gasteiger partial charge is 0.142 e. The molecule has 0 aromatic rings.